The predicted molar refractivity (Wildman–Crippen MR) is 87.6 cm³/mol. The van der Waals surface area contributed by atoms with Crippen LogP contribution in [0.5, 0.6) is 0 Å². The summed E-state index contributed by atoms with van der Waals surface area (Å²) in [5.74, 6) is 1.53. The summed E-state index contributed by atoms with van der Waals surface area (Å²) in [5.41, 5.74) is 0. The first kappa shape index (κ1) is 18.8. The molecule has 0 aliphatic heterocycles. The molecule has 1 atom stereocenters. The summed E-state index contributed by atoms with van der Waals surface area (Å²) in [6.45, 7) is 13.7. The number of nitriles is 1. The summed E-state index contributed by atoms with van der Waals surface area (Å²) in [6.07, 6.45) is 3.03. The van der Waals surface area contributed by atoms with E-state index in [-0.39, 0.29) is 0 Å². The van der Waals surface area contributed by atoms with Crippen molar-refractivity contribution in [3.63, 3.8) is 0 Å². The molecule has 1 rings (SSSR count). The van der Waals surface area contributed by atoms with Crippen LogP contribution in [0.3, 0.4) is 0 Å². The second kappa shape index (κ2) is 9.06. The average molecular weight is 314 g/mol. The first-order valence-corrected chi connectivity index (χ1v) is 9.24. The number of hydrogen-bond donors (Lipinski definition) is 0. The second-order valence-electron chi connectivity index (χ2n) is 6.75. The lowest BCUT2D eigenvalue weighted by atomic mass is 9.75. The van der Waals surface area contributed by atoms with Crippen LogP contribution in [0.25, 0.3) is 0 Å². The molecule has 1 saturated carbocycles. The van der Waals surface area contributed by atoms with Gasteiger partial charge in [0.1, 0.15) is 0 Å². The van der Waals surface area contributed by atoms with Gasteiger partial charge in [-0.3, -0.25) is 0 Å². The normalized spacial score (nSPS) is 23.7. The quantitative estimate of drug-likeness (QED) is 0.456. The molecule has 1 fully saturated rings. The van der Waals surface area contributed by atoms with Crippen LogP contribution in [0.1, 0.15) is 60.8 Å². The van der Waals surface area contributed by atoms with E-state index in [4.69, 9.17) is 14.3 Å². The molecule has 1 unspecified atom stereocenters. The Kier molecular flexibility index (Phi) is 8.13. The van der Waals surface area contributed by atoms with Crippen LogP contribution in [0.2, 0.25) is 0 Å². The van der Waals surface area contributed by atoms with Crippen molar-refractivity contribution in [3.8, 4) is 6.07 Å². The van der Waals surface area contributed by atoms with Gasteiger partial charge in [0.2, 0.25) is 0 Å². The van der Waals surface area contributed by atoms with Crippen molar-refractivity contribution in [2.45, 2.75) is 79.0 Å². The molecule has 0 amide bonds. The molecule has 5 heteroatoms. The van der Waals surface area contributed by atoms with Crippen molar-refractivity contribution >= 4 is 8.53 Å². The molecule has 0 aromatic rings. The van der Waals surface area contributed by atoms with Gasteiger partial charge in [-0.2, -0.15) is 5.26 Å². The van der Waals surface area contributed by atoms with E-state index in [9.17, 15) is 0 Å². The Morgan fingerprint density at radius 2 is 1.71 bits per heavy atom. The molecule has 0 spiro atoms. The van der Waals surface area contributed by atoms with E-state index >= 15 is 0 Å². The summed E-state index contributed by atoms with van der Waals surface area (Å²) >= 11 is 0. The van der Waals surface area contributed by atoms with Crippen molar-refractivity contribution in [3.05, 3.63) is 0 Å². The van der Waals surface area contributed by atoms with Crippen LogP contribution in [0.15, 0.2) is 0 Å². The third-order valence-corrected chi connectivity index (χ3v) is 6.16. The van der Waals surface area contributed by atoms with Gasteiger partial charge in [-0.1, -0.05) is 13.8 Å². The minimum Gasteiger partial charge on any atom is -0.321 e. The zero-order chi connectivity index (χ0) is 16.0. The number of hydrogen-bond acceptors (Lipinski definition) is 4. The van der Waals surface area contributed by atoms with Crippen molar-refractivity contribution in [1.82, 2.24) is 4.67 Å². The third-order valence-electron chi connectivity index (χ3n) is 3.98. The zero-order valence-electron chi connectivity index (χ0n) is 14.4. The SMILES string of the molecule is CC(C)C1CC(OP(OCCC#N)N(C(C)C)C(C)C)C1. The lowest BCUT2D eigenvalue weighted by Gasteiger charge is -2.43. The summed E-state index contributed by atoms with van der Waals surface area (Å²) in [5, 5.41) is 8.69. The Balaban J connectivity index is 2.58. The third kappa shape index (κ3) is 5.83. The molecule has 0 aromatic heterocycles. The minimum absolute atomic E-state index is 0.325. The van der Waals surface area contributed by atoms with Crippen LogP contribution in [0.4, 0.5) is 0 Å². The zero-order valence-corrected chi connectivity index (χ0v) is 15.3. The van der Waals surface area contributed by atoms with Crippen molar-refractivity contribution in [2.24, 2.45) is 11.8 Å². The molecule has 0 bridgehead atoms. The monoisotopic (exact) mass is 314 g/mol. The Labute approximate surface area is 131 Å². The van der Waals surface area contributed by atoms with E-state index in [1.165, 1.54) is 0 Å². The molecule has 0 aromatic carbocycles. The lowest BCUT2D eigenvalue weighted by Crippen LogP contribution is -2.38. The second-order valence-corrected chi connectivity index (χ2v) is 8.16. The Bertz CT molecular complexity index is 328. The maximum Gasteiger partial charge on any atom is 0.259 e. The smallest absolute Gasteiger partial charge is 0.259 e. The van der Waals surface area contributed by atoms with Gasteiger partial charge in [0, 0.05) is 12.1 Å². The summed E-state index contributed by atoms with van der Waals surface area (Å²) in [6, 6.07) is 2.88. The van der Waals surface area contributed by atoms with E-state index in [1.54, 1.807) is 0 Å². The van der Waals surface area contributed by atoms with E-state index in [1.807, 2.05) is 0 Å². The fourth-order valence-electron chi connectivity index (χ4n) is 2.66. The molecule has 0 saturated heterocycles. The standard InChI is InChI=1S/C16H31N2O2P/c1-12(2)15-10-16(11-15)20-21(19-9-7-8-17)18(13(3)4)14(5)6/h12-16H,7,9-11H2,1-6H3. The largest absolute Gasteiger partial charge is 0.321 e. The van der Waals surface area contributed by atoms with Gasteiger partial charge in [0.25, 0.3) is 8.53 Å². The van der Waals surface area contributed by atoms with E-state index in [2.05, 4.69) is 52.3 Å². The molecule has 122 valence electrons. The van der Waals surface area contributed by atoms with E-state index in [0.29, 0.717) is 31.2 Å². The number of nitrogens with zero attached hydrogens (tertiary/aromatic N) is 2. The van der Waals surface area contributed by atoms with Gasteiger partial charge in [0.15, 0.2) is 0 Å². The van der Waals surface area contributed by atoms with Crippen LogP contribution in [-0.2, 0) is 9.05 Å². The molecule has 0 radical (unpaired) electrons. The van der Waals surface area contributed by atoms with Crippen molar-refractivity contribution in [2.75, 3.05) is 6.61 Å². The van der Waals surface area contributed by atoms with E-state index in [0.717, 1.165) is 24.7 Å². The molecule has 21 heavy (non-hydrogen) atoms. The van der Waals surface area contributed by atoms with Gasteiger partial charge < -0.3 is 9.05 Å². The summed E-state index contributed by atoms with van der Waals surface area (Å²) in [7, 11) is -1.06. The highest BCUT2D eigenvalue weighted by molar-refractivity contribution is 7.44. The lowest BCUT2D eigenvalue weighted by molar-refractivity contribution is 0.0253. The minimum atomic E-state index is -1.06. The topological polar surface area (TPSA) is 45.5 Å². The maximum atomic E-state index is 8.69. The average Bonchev–Trinajstić information content (AvgIpc) is 2.31. The highest BCUT2D eigenvalue weighted by Crippen LogP contribution is 2.51. The maximum absolute atomic E-state index is 8.69. The molecule has 1 aliphatic rings. The first-order valence-electron chi connectivity index (χ1n) is 8.11. The fourth-order valence-corrected chi connectivity index (χ4v) is 4.39. The fraction of sp³-hybridized carbons (Fsp3) is 0.938. The van der Waals surface area contributed by atoms with Crippen LogP contribution in [0, 0.1) is 23.2 Å². The van der Waals surface area contributed by atoms with Crippen molar-refractivity contribution < 1.29 is 9.05 Å². The highest BCUT2D eigenvalue weighted by Gasteiger charge is 2.37. The van der Waals surface area contributed by atoms with Crippen LogP contribution < -0.4 is 0 Å². The Morgan fingerprint density at radius 3 is 2.14 bits per heavy atom. The predicted octanol–water partition coefficient (Wildman–Crippen LogP) is 4.71. The molecular weight excluding hydrogens is 283 g/mol. The molecule has 1 aliphatic carbocycles. The van der Waals surface area contributed by atoms with Crippen molar-refractivity contribution in [1.29, 1.82) is 5.26 Å². The van der Waals surface area contributed by atoms with Gasteiger partial charge in [0.05, 0.1) is 25.2 Å². The van der Waals surface area contributed by atoms with Crippen LogP contribution >= 0.6 is 8.53 Å². The summed E-state index contributed by atoms with van der Waals surface area (Å²) < 4.78 is 14.5. The van der Waals surface area contributed by atoms with Crippen LogP contribution in [-0.4, -0.2) is 29.5 Å². The molecule has 0 N–H and O–H groups in total. The molecule has 4 nitrogen and oxygen atoms in total. The first-order chi connectivity index (χ1) is 9.86. The molecular formula is C16H31N2O2P. The van der Waals surface area contributed by atoms with Gasteiger partial charge in [-0.15, -0.1) is 0 Å². The summed E-state index contributed by atoms with van der Waals surface area (Å²) in [4.78, 5) is 0. The van der Waals surface area contributed by atoms with E-state index < -0.39 is 8.53 Å². The van der Waals surface area contributed by atoms with Gasteiger partial charge >= 0.3 is 0 Å². The number of rotatable bonds is 9. The Morgan fingerprint density at radius 1 is 1.14 bits per heavy atom. The highest BCUT2D eigenvalue weighted by atomic mass is 31.2. The Hall–Kier alpha value is -0.200. The molecule has 0 heterocycles. The van der Waals surface area contributed by atoms with Gasteiger partial charge in [-0.25, -0.2) is 4.67 Å². The van der Waals surface area contributed by atoms with Gasteiger partial charge in [-0.05, 0) is 52.4 Å².